The maximum Gasteiger partial charge on any atom is 0.0726 e. The van der Waals surface area contributed by atoms with Crippen molar-refractivity contribution in [2.24, 2.45) is 0 Å². The third kappa shape index (κ3) is 5.04. The number of aryl methyl sites for hydroxylation is 1. The number of hydrogen-bond donors (Lipinski definition) is 0. The second-order valence-electron chi connectivity index (χ2n) is 17.1. The summed E-state index contributed by atoms with van der Waals surface area (Å²) in [6.07, 6.45) is 11.4. The molecular formula is C60H42N2. The average molecular weight is 791 g/mol. The third-order valence-electron chi connectivity index (χ3n) is 13.9. The van der Waals surface area contributed by atoms with Gasteiger partial charge in [0, 0.05) is 23.3 Å². The van der Waals surface area contributed by atoms with Gasteiger partial charge in [-0.05, 0) is 133 Å². The summed E-state index contributed by atoms with van der Waals surface area (Å²) < 4.78 is 0. The minimum Gasteiger partial charge on any atom is -0.341 e. The molecule has 0 radical (unpaired) electrons. The minimum absolute atomic E-state index is 0.435. The number of hydrogen-bond acceptors (Lipinski definition) is 2. The van der Waals surface area contributed by atoms with E-state index in [0.29, 0.717) is 0 Å². The van der Waals surface area contributed by atoms with Crippen molar-refractivity contribution in [1.82, 2.24) is 0 Å². The van der Waals surface area contributed by atoms with Gasteiger partial charge in [-0.1, -0.05) is 176 Å². The van der Waals surface area contributed by atoms with E-state index in [9.17, 15) is 0 Å². The fourth-order valence-electron chi connectivity index (χ4n) is 11.3. The van der Waals surface area contributed by atoms with E-state index >= 15 is 0 Å². The van der Waals surface area contributed by atoms with Crippen LogP contribution >= 0.6 is 0 Å². The molecule has 2 heteroatoms. The maximum absolute atomic E-state index is 2.55. The molecule has 2 aliphatic carbocycles. The molecule has 0 saturated carbocycles. The molecule has 9 aromatic rings. The van der Waals surface area contributed by atoms with E-state index in [1.807, 2.05) is 0 Å². The minimum atomic E-state index is -0.435. The van der Waals surface area contributed by atoms with Crippen LogP contribution in [0, 0.1) is 0 Å². The predicted molar refractivity (Wildman–Crippen MR) is 261 cm³/mol. The van der Waals surface area contributed by atoms with Crippen LogP contribution in [0.5, 0.6) is 0 Å². The van der Waals surface area contributed by atoms with E-state index in [0.717, 1.165) is 19.4 Å². The predicted octanol–water partition coefficient (Wildman–Crippen LogP) is 15.4. The number of para-hydroxylation sites is 3. The molecule has 0 N–H and O–H groups in total. The molecule has 0 amide bonds. The number of nitrogens with zero attached hydrogens (tertiary/aromatic N) is 2. The van der Waals surface area contributed by atoms with Crippen LogP contribution in [-0.2, 0) is 11.8 Å². The van der Waals surface area contributed by atoms with Crippen LogP contribution in [0.4, 0.5) is 28.4 Å². The van der Waals surface area contributed by atoms with Crippen LogP contribution in [0.2, 0.25) is 0 Å². The highest BCUT2D eigenvalue weighted by Crippen LogP contribution is 2.63. The molecule has 2 nitrogen and oxygen atoms in total. The summed E-state index contributed by atoms with van der Waals surface area (Å²) in [6.45, 7) is 1.02. The Balaban J connectivity index is 0.955. The van der Waals surface area contributed by atoms with Crippen molar-refractivity contribution in [3.05, 3.63) is 244 Å². The number of benzene rings is 9. The molecule has 0 atom stereocenters. The van der Waals surface area contributed by atoms with E-state index in [1.54, 1.807) is 0 Å². The average Bonchev–Trinajstić information content (AvgIpc) is 3.73. The van der Waals surface area contributed by atoms with Crippen LogP contribution < -0.4 is 9.80 Å². The van der Waals surface area contributed by atoms with Crippen molar-refractivity contribution in [3.63, 3.8) is 0 Å². The van der Waals surface area contributed by atoms with Crippen molar-refractivity contribution in [2.75, 3.05) is 16.3 Å². The lowest BCUT2D eigenvalue weighted by molar-refractivity contribution is 0.762. The van der Waals surface area contributed by atoms with Gasteiger partial charge < -0.3 is 9.80 Å². The standard InChI is InChI=1S/C60H42N2/c1-10-24-56-42(14-1)17-13-37-61(56)45-33-35-50-49-34-28-40(38-54(49)60(55(50)39-45)52-22-8-6-19-47(52)48-20-7-9-23-53(48)60)27-29-41-32-36-59(51-21-5-4-18-46(41)51)62-57-25-11-2-15-43(57)30-31-44-16-3-12-26-58(44)62/h1-12,14-16,18-36,38-39H,13,17,37H2. The Labute approximate surface area is 363 Å². The fraction of sp³-hybridized carbons (Fsp3) is 0.0667. The molecule has 9 aromatic carbocycles. The molecule has 13 rings (SSSR count). The van der Waals surface area contributed by atoms with E-state index in [1.165, 1.54) is 112 Å². The highest BCUT2D eigenvalue weighted by atomic mass is 15.2. The van der Waals surface area contributed by atoms with Crippen molar-refractivity contribution in [2.45, 2.75) is 18.3 Å². The van der Waals surface area contributed by atoms with Gasteiger partial charge in [-0.3, -0.25) is 0 Å². The topological polar surface area (TPSA) is 6.48 Å². The van der Waals surface area contributed by atoms with Crippen LogP contribution in [0.15, 0.2) is 194 Å². The fourth-order valence-corrected chi connectivity index (χ4v) is 11.3. The Bertz CT molecular complexity index is 3270. The maximum atomic E-state index is 2.55. The summed E-state index contributed by atoms with van der Waals surface area (Å²) in [7, 11) is 0. The summed E-state index contributed by atoms with van der Waals surface area (Å²) in [5.41, 5.74) is 22.7. The summed E-state index contributed by atoms with van der Waals surface area (Å²) in [4.78, 5) is 4.98. The summed E-state index contributed by atoms with van der Waals surface area (Å²) in [5, 5.41) is 2.44. The Morgan fingerprint density at radius 1 is 0.419 bits per heavy atom. The number of rotatable bonds is 4. The zero-order valence-electron chi connectivity index (χ0n) is 34.3. The van der Waals surface area contributed by atoms with Gasteiger partial charge in [0.25, 0.3) is 0 Å². The quantitative estimate of drug-likeness (QED) is 0.164. The van der Waals surface area contributed by atoms with Crippen molar-refractivity contribution in [3.8, 4) is 22.3 Å². The molecule has 2 heterocycles. The highest BCUT2D eigenvalue weighted by Gasteiger charge is 2.51. The Morgan fingerprint density at radius 3 is 1.74 bits per heavy atom. The van der Waals surface area contributed by atoms with Gasteiger partial charge in [0.1, 0.15) is 0 Å². The summed E-state index contributed by atoms with van der Waals surface area (Å²) in [6, 6.07) is 72.6. The summed E-state index contributed by atoms with van der Waals surface area (Å²) >= 11 is 0. The normalized spacial score (nSPS) is 14.8. The molecule has 0 fully saturated rings. The van der Waals surface area contributed by atoms with Gasteiger partial charge in [0.05, 0.1) is 22.5 Å². The van der Waals surface area contributed by atoms with Crippen LogP contribution in [0.25, 0.3) is 57.3 Å². The van der Waals surface area contributed by atoms with Crippen LogP contribution in [-0.4, -0.2) is 6.54 Å². The van der Waals surface area contributed by atoms with E-state index in [4.69, 9.17) is 0 Å². The smallest absolute Gasteiger partial charge is 0.0726 e. The van der Waals surface area contributed by atoms with E-state index in [2.05, 4.69) is 228 Å². The summed E-state index contributed by atoms with van der Waals surface area (Å²) in [5.74, 6) is 0. The second kappa shape index (κ2) is 13.7. The van der Waals surface area contributed by atoms with Gasteiger partial charge in [-0.15, -0.1) is 0 Å². The lowest BCUT2D eigenvalue weighted by atomic mass is 9.70. The van der Waals surface area contributed by atoms with E-state index in [-0.39, 0.29) is 0 Å². The van der Waals surface area contributed by atoms with Crippen molar-refractivity contribution < 1.29 is 0 Å². The van der Waals surface area contributed by atoms with Gasteiger partial charge in [-0.25, -0.2) is 0 Å². The van der Waals surface area contributed by atoms with Gasteiger partial charge in [0.15, 0.2) is 0 Å². The first-order chi connectivity index (χ1) is 30.8. The highest BCUT2D eigenvalue weighted by molar-refractivity contribution is 6.06. The Morgan fingerprint density at radius 2 is 1.00 bits per heavy atom. The van der Waals surface area contributed by atoms with Gasteiger partial charge in [0.2, 0.25) is 0 Å². The van der Waals surface area contributed by atoms with Crippen molar-refractivity contribution in [1.29, 1.82) is 0 Å². The van der Waals surface area contributed by atoms with Crippen molar-refractivity contribution >= 4 is 63.5 Å². The number of anilines is 5. The first-order valence-corrected chi connectivity index (χ1v) is 22.0. The molecule has 4 aliphatic rings. The second-order valence-corrected chi connectivity index (χ2v) is 17.1. The largest absolute Gasteiger partial charge is 0.341 e. The zero-order valence-corrected chi connectivity index (χ0v) is 34.3. The SMILES string of the molecule is C(=Cc1ccc(N2c3ccccc3C=Cc3ccccc32)c2ccccc12)c1ccc2c(c1)C1(c3ccccc3-c3ccccc31)c1cc(N3CCCc4ccccc43)ccc1-2. The molecule has 0 unspecified atom stereocenters. The van der Waals surface area contributed by atoms with Crippen LogP contribution in [0.1, 0.15) is 56.5 Å². The molecular weight excluding hydrogens is 749 g/mol. The molecule has 62 heavy (non-hydrogen) atoms. The monoisotopic (exact) mass is 790 g/mol. The molecule has 0 bridgehead atoms. The van der Waals surface area contributed by atoms with Crippen LogP contribution in [0.3, 0.4) is 0 Å². The first kappa shape index (κ1) is 35.1. The molecule has 2 aliphatic heterocycles. The lowest BCUT2D eigenvalue weighted by Crippen LogP contribution is -2.27. The Kier molecular flexibility index (Phi) is 7.74. The Hall–Kier alpha value is -7.68. The lowest BCUT2D eigenvalue weighted by Gasteiger charge is -2.34. The van der Waals surface area contributed by atoms with Gasteiger partial charge >= 0.3 is 0 Å². The number of fused-ring (bicyclic) bond motifs is 14. The van der Waals surface area contributed by atoms with E-state index < -0.39 is 5.41 Å². The first-order valence-electron chi connectivity index (χ1n) is 22.0. The molecule has 0 aromatic heterocycles. The zero-order chi connectivity index (χ0) is 40.8. The third-order valence-corrected chi connectivity index (χ3v) is 13.9. The van der Waals surface area contributed by atoms with Gasteiger partial charge in [-0.2, -0.15) is 0 Å². The molecule has 1 spiro atoms. The molecule has 292 valence electrons. The molecule has 0 saturated heterocycles.